The first kappa shape index (κ1) is 18.6. The highest BCUT2D eigenvalue weighted by Gasteiger charge is 2.14. The Morgan fingerprint density at radius 3 is 2.55 bits per heavy atom. The Bertz CT molecular complexity index is 546. The molecule has 7 heteroatoms. The number of sulfonamides is 1. The van der Waals surface area contributed by atoms with Gasteiger partial charge in [-0.3, -0.25) is 4.79 Å². The van der Waals surface area contributed by atoms with Crippen LogP contribution in [0.25, 0.3) is 0 Å². The van der Waals surface area contributed by atoms with Crippen molar-refractivity contribution in [3.63, 3.8) is 0 Å². The normalized spacial score (nSPS) is 12.8. The third-order valence-corrected chi connectivity index (χ3v) is 4.73. The van der Waals surface area contributed by atoms with Gasteiger partial charge in [0.2, 0.25) is 15.9 Å². The van der Waals surface area contributed by atoms with E-state index in [-0.39, 0.29) is 29.8 Å². The van der Waals surface area contributed by atoms with Gasteiger partial charge in [-0.15, -0.1) is 0 Å². The molecule has 0 radical (unpaired) electrons. The van der Waals surface area contributed by atoms with Crippen molar-refractivity contribution in [2.45, 2.75) is 43.5 Å². The van der Waals surface area contributed by atoms with E-state index in [2.05, 4.69) is 17.0 Å². The number of hydrogen-bond donors (Lipinski definition) is 3. The van der Waals surface area contributed by atoms with Crippen molar-refractivity contribution >= 4 is 15.9 Å². The van der Waals surface area contributed by atoms with Gasteiger partial charge in [0.1, 0.15) is 0 Å². The summed E-state index contributed by atoms with van der Waals surface area (Å²) in [6.45, 7) is 2.53. The molecule has 1 aromatic rings. The van der Waals surface area contributed by atoms with E-state index in [4.69, 9.17) is 5.73 Å². The molecule has 0 heterocycles. The van der Waals surface area contributed by atoms with Gasteiger partial charge in [-0.25, -0.2) is 13.1 Å². The number of carbonyl (C=O) groups is 1. The molecule has 0 spiro atoms. The lowest BCUT2D eigenvalue weighted by Crippen LogP contribution is -2.41. The molecule has 1 amide bonds. The highest BCUT2D eigenvalue weighted by Crippen LogP contribution is 2.06. The standard InChI is InChI=1S/C15H25N3O3S/c1-2-3-7-13(12-16)18-15(19)10-11-17-22(20,21)14-8-5-4-6-9-14/h4-6,8-9,13,17H,2-3,7,10-12,16H2,1H3,(H,18,19). The zero-order valence-electron chi connectivity index (χ0n) is 12.9. The maximum Gasteiger partial charge on any atom is 0.240 e. The van der Waals surface area contributed by atoms with Crippen molar-refractivity contribution in [2.24, 2.45) is 5.73 Å². The Labute approximate surface area is 132 Å². The van der Waals surface area contributed by atoms with Gasteiger partial charge >= 0.3 is 0 Å². The smallest absolute Gasteiger partial charge is 0.240 e. The number of carbonyl (C=O) groups excluding carboxylic acids is 1. The molecule has 0 bridgehead atoms. The largest absolute Gasteiger partial charge is 0.352 e. The highest BCUT2D eigenvalue weighted by molar-refractivity contribution is 7.89. The minimum Gasteiger partial charge on any atom is -0.352 e. The summed E-state index contributed by atoms with van der Waals surface area (Å²) in [6, 6.07) is 8.03. The number of rotatable bonds is 10. The van der Waals surface area contributed by atoms with Gasteiger partial charge in [0, 0.05) is 25.6 Å². The van der Waals surface area contributed by atoms with Crippen LogP contribution in [0.5, 0.6) is 0 Å². The van der Waals surface area contributed by atoms with E-state index >= 15 is 0 Å². The molecule has 1 unspecified atom stereocenters. The van der Waals surface area contributed by atoms with Crippen LogP contribution in [-0.4, -0.2) is 33.5 Å². The third kappa shape index (κ3) is 6.55. The van der Waals surface area contributed by atoms with E-state index in [1.807, 2.05) is 0 Å². The zero-order chi connectivity index (χ0) is 16.4. The Morgan fingerprint density at radius 1 is 1.27 bits per heavy atom. The van der Waals surface area contributed by atoms with Gasteiger partial charge < -0.3 is 11.1 Å². The topological polar surface area (TPSA) is 101 Å². The zero-order valence-corrected chi connectivity index (χ0v) is 13.7. The maximum atomic E-state index is 12.0. The van der Waals surface area contributed by atoms with Gasteiger partial charge in [0.25, 0.3) is 0 Å². The molecule has 0 saturated heterocycles. The van der Waals surface area contributed by atoms with Crippen LogP contribution >= 0.6 is 0 Å². The summed E-state index contributed by atoms with van der Waals surface area (Å²) in [4.78, 5) is 12.0. The van der Waals surface area contributed by atoms with Crippen LogP contribution in [0, 0.1) is 0 Å². The summed E-state index contributed by atoms with van der Waals surface area (Å²) in [5.41, 5.74) is 5.61. The molecule has 22 heavy (non-hydrogen) atoms. The molecule has 0 aliphatic rings. The minimum absolute atomic E-state index is 0.0434. The van der Waals surface area contributed by atoms with E-state index in [1.165, 1.54) is 12.1 Å². The monoisotopic (exact) mass is 327 g/mol. The average Bonchev–Trinajstić information content (AvgIpc) is 2.52. The summed E-state index contributed by atoms with van der Waals surface area (Å²) in [6.07, 6.45) is 2.98. The number of benzene rings is 1. The Kier molecular flexibility index (Phi) is 8.08. The van der Waals surface area contributed by atoms with Crippen LogP contribution in [0.4, 0.5) is 0 Å². The van der Waals surface area contributed by atoms with Gasteiger partial charge in [-0.1, -0.05) is 38.0 Å². The van der Waals surface area contributed by atoms with Crippen LogP contribution in [0.3, 0.4) is 0 Å². The summed E-state index contributed by atoms with van der Waals surface area (Å²) < 4.78 is 26.4. The molecular weight excluding hydrogens is 302 g/mol. The van der Waals surface area contributed by atoms with Crippen LogP contribution in [0.2, 0.25) is 0 Å². The fourth-order valence-electron chi connectivity index (χ4n) is 1.98. The summed E-state index contributed by atoms with van der Waals surface area (Å²) >= 11 is 0. The molecule has 0 aromatic heterocycles. The van der Waals surface area contributed by atoms with Gasteiger partial charge in [-0.05, 0) is 18.6 Å². The first-order chi connectivity index (χ1) is 10.5. The highest BCUT2D eigenvalue weighted by atomic mass is 32.2. The predicted octanol–water partition coefficient (Wildman–Crippen LogP) is 0.989. The van der Waals surface area contributed by atoms with Crippen LogP contribution in [0.15, 0.2) is 35.2 Å². The average molecular weight is 327 g/mol. The van der Waals surface area contributed by atoms with Gasteiger partial charge in [-0.2, -0.15) is 0 Å². The van der Waals surface area contributed by atoms with E-state index < -0.39 is 10.0 Å². The van der Waals surface area contributed by atoms with E-state index in [1.54, 1.807) is 18.2 Å². The summed E-state index contributed by atoms with van der Waals surface area (Å²) in [5.74, 6) is -0.192. The lowest BCUT2D eigenvalue weighted by atomic mass is 10.1. The second kappa shape index (κ2) is 9.55. The SMILES string of the molecule is CCCCC(CN)NC(=O)CCNS(=O)(=O)c1ccccc1. The van der Waals surface area contributed by atoms with Crippen LogP contribution < -0.4 is 15.8 Å². The van der Waals surface area contributed by atoms with Crippen molar-refractivity contribution in [3.05, 3.63) is 30.3 Å². The van der Waals surface area contributed by atoms with Crippen molar-refractivity contribution in [2.75, 3.05) is 13.1 Å². The van der Waals surface area contributed by atoms with E-state index in [9.17, 15) is 13.2 Å². The summed E-state index contributed by atoms with van der Waals surface area (Å²) in [7, 11) is -3.56. The van der Waals surface area contributed by atoms with Crippen molar-refractivity contribution in [3.8, 4) is 0 Å². The van der Waals surface area contributed by atoms with E-state index in [0.717, 1.165) is 19.3 Å². The first-order valence-electron chi connectivity index (χ1n) is 7.53. The van der Waals surface area contributed by atoms with Gasteiger partial charge in [0.15, 0.2) is 0 Å². The third-order valence-electron chi connectivity index (χ3n) is 3.25. The first-order valence-corrected chi connectivity index (χ1v) is 9.02. The predicted molar refractivity (Wildman–Crippen MR) is 86.8 cm³/mol. The van der Waals surface area contributed by atoms with Crippen molar-refractivity contribution < 1.29 is 13.2 Å². The molecule has 0 fully saturated rings. The van der Waals surface area contributed by atoms with Crippen molar-refractivity contribution in [1.29, 1.82) is 0 Å². The molecule has 124 valence electrons. The Balaban J connectivity index is 2.38. The van der Waals surface area contributed by atoms with Gasteiger partial charge in [0.05, 0.1) is 4.90 Å². The summed E-state index contributed by atoms with van der Waals surface area (Å²) in [5, 5.41) is 2.83. The molecule has 6 nitrogen and oxygen atoms in total. The molecule has 0 aliphatic carbocycles. The Hall–Kier alpha value is -1.44. The van der Waals surface area contributed by atoms with Crippen LogP contribution in [-0.2, 0) is 14.8 Å². The molecule has 1 atom stereocenters. The number of nitrogens with two attached hydrogens (primary N) is 1. The fraction of sp³-hybridized carbons (Fsp3) is 0.533. The number of hydrogen-bond acceptors (Lipinski definition) is 4. The second-order valence-electron chi connectivity index (χ2n) is 5.10. The number of amides is 1. The molecule has 0 aliphatic heterocycles. The lowest BCUT2D eigenvalue weighted by Gasteiger charge is -2.16. The van der Waals surface area contributed by atoms with Crippen molar-refractivity contribution in [1.82, 2.24) is 10.0 Å². The molecule has 1 rings (SSSR count). The maximum absolute atomic E-state index is 12.0. The minimum atomic E-state index is -3.56. The molecule has 1 aromatic carbocycles. The molecule has 4 N–H and O–H groups in total. The molecular formula is C15H25N3O3S. The quantitative estimate of drug-likeness (QED) is 0.596. The second-order valence-corrected chi connectivity index (χ2v) is 6.87. The number of unbranched alkanes of at least 4 members (excludes halogenated alkanes) is 1. The lowest BCUT2D eigenvalue weighted by molar-refractivity contribution is -0.121. The van der Waals surface area contributed by atoms with Crippen LogP contribution in [0.1, 0.15) is 32.6 Å². The fourth-order valence-corrected chi connectivity index (χ4v) is 3.03. The van der Waals surface area contributed by atoms with E-state index in [0.29, 0.717) is 6.54 Å². The molecule has 0 saturated carbocycles. The number of nitrogens with one attached hydrogen (secondary N) is 2. The Morgan fingerprint density at radius 2 is 1.95 bits per heavy atom.